The van der Waals surface area contributed by atoms with E-state index in [0.29, 0.717) is 30.0 Å². The third-order valence-corrected chi connectivity index (χ3v) is 3.89. The second kappa shape index (κ2) is 8.15. The van der Waals surface area contributed by atoms with Crippen molar-refractivity contribution >= 4 is 11.6 Å². The van der Waals surface area contributed by atoms with Gasteiger partial charge >= 0.3 is 0 Å². The fourth-order valence-corrected chi connectivity index (χ4v) is 2.93. The van der Waals surface area contributed by atoms with Gasteiger partial charge < -0.3 is 15.8 Å². The highest BCUT2D eigenvalue weighted by Crippen LogP contribution is 2.12. The van der Waals surface area contributed by atoms with Crippen molar-refractivity contribution in [3.05, 3.63) is 29.8 Å². The number of hydrogen-bond donors (Lipinski definition) is 2. The summed E-state index contributed by atoms with van der Waals surface area (Å²) in [5, 5.41) is 2.93. The first-order chi connectivity index (χ1) is 10.6. The van der Waals surface area contributed by atoms with Gasteiger partial charge in [-0.3, -0.25) is 9.69 Å². The summed E-state index contributed by atoms with van der Waals surface area (Å²) in [5.74, 6) is -0.0910. The van der Waals surface area contributed by atoms with Crippen LogP contribution in [0.4, 0.5) is 5.69 Å². The van der Waals surface area contributed by atoms with Crippen LogP contribution in [0.1, 0.15) is 37.0 Å². The van der Waals surface area contributed by atoms with E-state index in [1.165, 1.54) is 0 Å². The molecule has 0 radical (unpaired) electrons. The van der Waals surface area contributed by atoms with Gasteiger partial charge in [0.25, 0.3) is 5.91 Å². The second-order valence-corrected chi connectivity index (χ2v) is 6.07. The van der Waals surface area contributed by atoms with Crippen molar-refractivity contribution in [2.75, 3.05) is 31.9 Å². The zero-order valence-corrected chi connectivity index (χ0v) is 13.5. The Morgan fingerprint density at radius 2 is 1.95 bits per heavy atom. The lowest BCUT2D eigenvalue weighted by atomic mass is 10.1. The van der Waals surface area contributed by atoms with Crippen LogP contribution in [0.25, 0.3) is 0 Å². The van der Waals surface area contributed by atoms with Gasteiger partial charge in [-0.25, -0.2) is 0 Å². The van der Waals surface area contributed by atoms with Gasteiger partial charge in [0, 0.05) is 25.3 Å². The summed E-state index contributed by atoms with van der Waals surface area (Å²) in [6, 6.07) is 7.15. The number of nitrogens with two attached hydrogens (primary N) is 1. The van der Waals surface area contributed by atoms with Gasteiger partial charge in [0.15, 0.2) is 0 Å². The third kappa shape index (κ3) is 5.00. The Balaban J connectivity index is 1.63. The van der Waals surface area contributed by atoms with Crippen LogP contribution < -0.4 is 11.1 Å². The molecule has 0 saturated carbocycles. The van der Waals surface area contributed by atoms with Crippen LogP contribution in [0.2, 0.25) is 0 Å². The second-order valence-electron chi connectivity index (χ2n) is 6.07. The topological polar surface area (TPSA) is 67.6 Å². The zero-order valence-electron chi connectivity index (χ0n) is 13.5. The average molecular weight is 305 g/mol. The minimum Gasteiger partial charge on any atom is -0.398 e. The minimum atomic E-state index is -0.0910. The quantitative estimate of drug-likeness (QED) is 0.622. The molecule has 1 aliphatic heterocycles. The Hall–Kier alpha value is -1.59. The van der Waals surface area contributed by atoms with E-state index in [0.717, 1.165) is 32.5 Å². The Kier molecular flexibility index (Phi) is 6.21. The summed E-state index contributed by atoms with van der Waals surface area (Å²) in [6.45, 7) is 7.97. The Morgan fingerprint density at radius 1 is 1.27 bits per heavy atom. The molecule has 1 aromatic carbocycles. The number of carbonyl (C=O) groups is 1. The maximum atomic E-state index is 12.0. The highest BCUT2D eigenvalue weighted by Gasteiger charge is 2.21. The van der Waals surface area contributed by atoms with E-state index in [4.69, 9.17) is 10.5 Å². The zero-order chi connectivity index (χ0) is 15.9. The molecule has 122 valence electrons. The largest absolute Gasteiger partial charge is 0.398 e. The molecule has 5 heteroatoms. The molecule has 0 bridgehead atoms. The molecule has 2 unspecified atom stereocenters. The van der Waals surface area contributed by atoms with Gasteiger partial charge in [-0.15, -0.1) is 0 Å². The number of amides is 1. The molecule has 0 aromatic heterocycles. The minimum absolute atomic E-state index is 0.0910. The van der Waals surface area contributed by atoms with Crippen LogP contribution in [-0.4, -0.2) is 49.2 Å². The highest BCUT2D eigenvalue weighted by molar-refractivity contribution is 5.98. The molecule has 2 rings (SSSR count). The summed E-state index contributed by atoms with van der Waals surface area (Å²) >= 11 is 0. The first-order valence-corrected chi connectivity index (χ1v) is 8.06. The molecule has 2 atom stereocenters. The van der Waals surface area contributed by atoms with Crippen molar-refractivity contribution < 1.29 is 9.53 Å². The first-order valence-electron chi connectivity index (χ1n) is 8.06. The smallest absolute Gasteiger partial charge is 0.253 e. The van der Waals surface area contributed by atoms with Gasteiger partial charge in [-0.05, 0) is 45.4 Å². The molecule has 0 aliphatic carbocycles. The molecule has 0 spiro atoms. The first kappa shape index (κ1) is 16.8. The monoisotopic (exact) mass is 305 g/mol. The summed E-state index contributed by atoms with van der Waals surface area (Å²) in [6.07, 6.45) is 2.66. The number of nitrogens with one attached hydrogen (secondary N) is 1. The Morgan fingerprint density at radius 3 is 2.64 bits per heavy atom. The van der Waals surface area contributed by atoms with Crippen molar-refractivity contribution in [1.82, 2.24) is 10.2 Å². The van der Waals surface area contributed by atoms with Gasteiger partial charge in [-0.2, -0.15) is 0 Å². The van der Waals surface area contributed by atoms with E-state index < -0.39 is 0 Å². The van der Waals surface area contributed by atoms with Crippen molar-refractivity contribution in [3.8, 4) is 0 Å². The molecule has 1 saturated heterocycles. The number of benzene rings is 1. The summed E-state index contributed by atoms with van der Waals surface area (Å²) in [7, 11) is 0. The molecule has 22 heavy (non-hydrogen) atoms. The predicted octanol–water partition coefficient (Wildman–Crippen LogP) is 1.89. The summed E-state index contributed by atoms with van der Waals surface area (Å²) < 4.78 is 5.72. The number of para-hydroxylation sites is 1. The van der Waals surface area contributed by atoms with Crippen LogP contribution in [0.3, 0.4) is 0 Å². The number of nitrogen functional groups attached to an aromatic ring is 1. The van der Waals surface area contributed by atoms with E-state index in [1.54, 1.807) is 12.1 Å². The van der Waals surface area contributed by atoms with E-state index >= 15 is 0 Å². The van der Waals surface area contributed by atoms with Crippen molar-refractivity contribution in [2.24, 2.45) is 0 Å². The number of carbonyl (C=O) groups excluding carboxylic acids is 1. The van der Waals surface area contributed by atoms with E-state index in [-0.39, 0.29) is 5.91 Å². The average Bonchev–Trinajstić information content (AvgIpc) is 2.46. The summed E-state index contributed by atoms with van der Waals surface area (Å²) in [5.41, 5.74) is 6.87. The Labute approximate surface area is 132 Å². The lowest BCUT2D eigenvalue weighted by Gasteiger charge is -2.35. The van der Waals surface area contributed by atoms with Gasteiger partial charge in [0.1, 0.15) is 0 Å². The fourth-order valence-electron chi connectivity index (χ4n) is 2.93. The molecule has 1 aromatic rings. The van der Waals surface area contributed by atoms with Crippen LogP contribution in [0, 0.1) is 0 Å². The number of unbranched alkanes of at least 4 members (excludes halogenated alkanes) is 1. The number of anilines is 1. The van der Waals surface area contributed by atoms with Crippen molar-refractivity contribution in [1.29, 1.82) is 0 Å². The van der Waals surface area contributed by atoms with Crippen LogP contribution in [0.15, 0.2) is 24.3 Å². The van der Waals surface area contributed by atoms with Crippen molar-refractivity contribution in [2.45, 2.75) is 38.9 Å². The number of morpholine rings is 1. The van der Waals surface area contributed by atoms with Gasteiger partial charge in [-0.1, -0.05) is 12.1 Å². The standard InChI is InChI=1S/C17H27N3O2/c1-13-11-20(12-14(2)22-13)10-6-5-9-19-17(21)15-7-3-4-8-16(15)18/h3-4,7-8,13-14H,5-6,9-12,18H2,1-2H3,(H,19,21). The van der Waals surface area contributed by atoms with E-state index in [9.17, 15) is 4.79 Å². The molecule has 1 heterocycles. The molecule has 1 aliphatic rings. The molecule has 5 nitrogen and oxygen atoms in total. The van der Waals surface area contributed by atoms with E-state index in [2.05, 4.69) is 24.1 Å². The third-order valence-electron chi connectivity index (χ3n) is 3.89. The maximum absolute atomic E-state index is 12.0. The number of rotatable bonds is 6. The Bertz CT molecular complexity index is 483. The lowest BCUT2D eigenvalue weighted by molar-refractivity contribution is -0.0681. The highest BCUT2D eigenvalue weighted by atomic mass is 16.5. The fraction of sp³-hybridized carbons (Fsp3) is 0.588. The molecule has 3 N–H and O–H groups in total. The normalized spacial score (nSPS) is 22.5. The number of ether oxygens (including phenoxy) is 1. The van der Waals surface area contributed by atoms with Crippen LogP contribution in [-0.2, 0) is 4.74 Å². The van der Waals surface area contributed by atoms with Gasteiger partial charge in [0.05, 0.1) is 17.8 Å². The maximum Gasteiger partial charge on any atom is 0.253 e. The van der Waals surface area contributed by atoms with Crippen LogP contribution >= 0.6 is 0 Å². The van der Waals surface area contributed by atoms with Crippen molar-refractivity contribution in [3.63, 3.8) is 0 Å². The molecular weight excluding hydrogens is 278 g/mol. The lowest BCUT2D eigenvalue weighted by Crippen LogP contribution is -2.45. The SMILES string of the molecule is CC1CN(CCCCNC(=O)c2ccccc2N)CC(C)O1. The molecule has 1 fully saturated rings. The van der Waals surface area contributed by atoms with Gasteiger partial charge in [0.2, 0.25) is 0 Å². The molecular formula is C17H27N3O2. The van der Waals surface area contributed by atoms with Crippen LogP contribution in [0.5, 0.6) is 0 Å². The van der Waals surface area contributed by atoms with E-state index in [1.807, 2.05) is 12.1 Å². The summed E-state index contributed by atoms with van der Waals surface area (Å²) in [4.78, 5) is 14.4. The number of nitrogens with zero attached hydrogens (tertiary/aromatic N) is 1. The molecule has 1 amide bonds. The number of hydrogen-bond acceptors (Lipinski definition) is 4. The predicted molar refractivity (Wildman–Crippen MR) is 88.9 cm³/mol.